The summed E-state index contributed by atoms with van der Waals surface area (Å²) in [6.07, 6.45) is 5.35. The van der Waals surface area contributed by atoms with Crippen LogP contribution >= 0.6 is 0 Å². The van der Waals surface area contributed by atoms with Crippen LogP contribution in [0.1, 0.15) is 32.6 Å². The molecule has 0 unspecified atom stereocenters. The monoisotopic (exact) mass is 165 g/mol. The smallest absolute Gasteiger partial charge is 0.0221 e. The molecule has 0 amide bonds. The topological polar surface area (TPSA) is 3.24 Å². The van der Waals surface area contributed by atoms with Gasteiger partial charge in [-0.1, -0.05) is 12.8 Å². The van der Waals surface area contributed by atoms with Gasteiger partial charge in [0.2, 0.25) is 0 Å². The molecule has 12 heavy (non-hydrogen) atoms. The molecule has 0 aromatic carbocycles. The predicted octanol–water partition coefficient (Wildman–Crippen LogP) is 2.34. The molecule has 1 fully saturated rings. The molecule has 0 N–H and O–H groups in total. The minimum Gasteiger partial charge on any atom is -0.339 e. The SMILES string of the molecule is CC1CCC(C#CN(C)C)CC1. The van der Waals surface area contributed by atoms with Gasteiger partial charge in [0.15, 0.2) is 0 Å². The van der Waals surface area contributed by atoms with E-state index in [-0.39, 0.29) is 0 Å². The Morgan fingerprint density at radius 3 is 2.17 bits per heavy atom. The molecule has 68 valence electrons. The Kier molecular flexibility index (Phi) is 3.47. The molecule has 1 rings (SSSR count). The summed E-state index contributed by atoms with van der Waals surface area (Å²) in [6.45, 7) is 2.34. The second kappa shape index (κ2) is 4.40. The zero-order chi connectivity index (χ0) is 8.97. The van der Waals surface area contributed by atoms with Gasteiger partial charge < -0.3 is 4.90 Å². The van der Waals surface area contributed by atoms with Gasteiger partial charge in [-0.15, -0.1) is 0 Å². The van der Waals surface area contributed by atoms with Crippen LogP contribution in [0.5, 0.6) is 0 Å². The van der Waals surface area contributed by atoms with E-state index in [0.717, 1.165) is 5.92 Å². The van der Waals surface area contributed by atoms with Crippen LogP contribution < -0.4 is 0 Å². The fourth-order valence-electron chi connectivity index (χ4n) is 1.62. The molecule has 0 aromatic rings. The lowest BCUT2D eigenvalue weighted by Gasteiger charge is -2.22. The van der Waals surface area contributed by atoms with Gasteiger partial charge in [-0.3, -0.25) is 0 Å². The van der Waals surface area contributed by atoms with E-state index in [0.29, 0.717) is 5.92 Å². The molecule has 0 radical (unpaired) electrons. The van der Waals surface area contributed by atoms with Gasteiger partial charge in [-0.25, -0.2) is 0 Å². The summed E-state index contributed by atoms with van der Waals surface area (Å²) in [6, 6.07) is 3.11. The van der Waals surface area contributed by atoms with E-state index in [9.17, 15) is 0 Å². The molecular weight excluding hydrogens is 146 g/mol. The zero-order valence-electron chi connectivity index (χ0n) is 8.43. The Bertz CT molecular complexity index is 177. The minimum atomic E-state index is 0.670. The van der Waals surface area contributed by atoms with Crippen molar-refractivity contribution in [1.82, 2.24) is 4.90 Å². The fraction of sp³-hybridized carbons (Fsp3) is 0.818. The van der Waals surface area contributed by atoms with Crippen molar-refractivity contribution in [3.05, 3.63) is 0 Å². The maximum absolute atomic E-state index is 3.32. The first-order valence-corrected chi connectivity index (χ1v) is 4.87. The number of hydrogen-bond donors (Lipinski definition) is 0. The van der Waals surface area contributed by atoms with E-state index < -0.39 is 0 Å². The molecule has 0 bridgehead atoms. The van der Waals surface area contributed by atoms with Crippen LogP contribution in [0.25, 0.3) is 0 Å². The molecule has 0 spiro atoms. The highest BCUT2D eigenvalue weighted by atomic mass is 15.0. The van der Waals surface area contributed by atoms with Crippen LogP contribution in [0.15, 0.2) is 0 Å². The third-order valence-corrected chi connectivity index (χ3v) is 2.51. The van der Waals surface area contributed by atoms with Crippen molar-refractivity contribution in [2.24, 2.45) is 11.8 Å². The lowest BCUT2D eigenvalue weighted by atomic mass is 9.83. The van der Waals surface area contributed by atoms with E-state index in [2.05, 4.69) is 18.9 Å². The third kappa shape index (κ3) is 3.17. The fourth-order valence-corrected chi connectivity index (χ4v) is 1.62. The molecule has 0 heterocycles. The van der Waals surface area contributed by atoms with Gasteiger partial charge in [-0.05, 0) is 31.6 Å². The quantitative estimate of drug-likeness (QED) is 0.393. The van der Waals surface area contributed by atoms with Crippen molar-refractivity contribution in [3.63, 3.8) is 0 Å². The van der Waals surface area contributed by atoms with Gasteiger partial charge >= 0.3 is 0 Å². The molecule has 1 saturated carbocycles. The Morgan fingerprint density at radius 2 is 1.67 bits per heavy atom. The Balaban J connectivity index is 2.32. The third-order valence-electron chi connectivity index (χ3n) is 2.51. The van der Waals surface area contributed by atoms with Gasteiger partial charge in [0.05, 0.1) is 0 Å². The molecule has 1 heteroatoms. The van der Waals surface area contributed by atoms with Crippen molar-refractivity contribution in [2.75, 3.05) is 14.1 Å². The molecule has 0 aromatic heterocycles. The summed E-state index contributed by atoms with van der Waals surface area (Å²) in [5, 5.41) is 0. The predicted molar refractivity (Wildman–Crippen MR) is 52.6 cm³/mol. The highest BCUT2D eigenvalue weighted by Crippen LogP contribution is 2.27. The van der Waals surface area contributed by atoms with Crippen molar-refractivity contribution < 1.29 is 0 Å². The summed E-state index contributed by atoms with van der Waals surface area (Å²) < 4.78 is 0. The average Bonchev–Trinajstić information content (AvgIpc) is 2.03. The Morgan fingerprint density at radius 1 is 1.08 bits per heavy atom. The maximum atomic E-state index is 3.32. The number of hydrogen-bond acceptors (Lipinski definition) is 1. The van der Waals surface area contributed by atoms with Gasteiger partial charge in [0.25, 0.3) is 0 Å². The second-order valence-electron chi connectivity index (χ2n) is 4.11. The van der Waals surface area contributed by atoms with E-state index in [1.54, 1.807) is 0 Å². The van der Waals surface area contributed by atoms with Crippen LogP contribution in [-0.2, 0) is 0 Å². The van der Waals surface area contributed by atoms with Crippen molar-refractivity contribution in [1.29, 1.82) is 0 Å². The normalized spacial score (nSPS) is 28.9. The molecule has 0 atom stereocenters. The van der Waals surface area contributed by atoms with E-state index >= 15 is 0 Å². The van der Waals surface area contributed by atoms with Crippen molar-refractivity contribution in [3.8, 4) is 12.0 Å². The van der Waals surface area contributed by atoms with Crippen LogP contribution in [0.3, 0.4) is 0 Å². The first kappa shape index (κ1) is 9.45. The van der Waals surface area contributed by atoms with Gasteiger partial charge in [-0.2, -0.15) is 0 Å². The standard InChI is InChI=1S/C11H19N/c1-10-4-6-11(7-5-10)8-9-12(2)3/h10-11H,4-7H2,1-3H3. The highest BCUT2D eigenvalue weighted by Gasteiger charge is 2.15. The number of nitrogens with zero attached hydrogens (tertiary/aromatic N) is 1. The van der Waals surface area contributed by atoms with Crippen molar-refractivity contribution in [2.45, 2.75) is 32.6 Å². The van der Waals surface area contributed by atoms with Crippen LogP contribution in [0.2, 0.25) is 0 Å². The Labute approximate surface area is 76.1 Å². The van der Waals surface area contributed by atoms with Gasteiger partial charge in [0.1, 0.15) is 0 Å². The van der Waals surface area contributed by atoms with Crippen LogP contribution in [0.4, 0.5) is 0 Å². The largest absolute Gasteiger partial charge is 0.339 e. The molecule has 1 aliphatic rings. The van der Waals surface area contributed by atoms with E-state index in [1.807, 2.05) is 19.0 Å². The van der Waals surface area contributed by atoms with E-state index in [1.165, 1.54) is 25.7 Å². The van der Waals surface area contributed by atoms with Crippen LogP contribution in [0, 0.1) is 23.8 Å². The van der Waals surface area contributed by atoms with Gasteiger partial charge in [0, 0.05) is 26.1 Å². The summed E-state index contributed by atoms with van der Waals surface area (Å²) in [5.41, 5.74) is 0. The summed E-state index contributed by atoms with van der Waals surface area (Å²) >= 11 is 0. The molecule has 1 aliphatic carbocycles. The molecule has 1 nitrogen and oxygen atoms in total. The zero-order valence-corrected chi connectivity index (χ0v) is 8.43. The Hall–Kier alpha value is -0.640. The lowest BCUT2D eigenvalue weighted by Crippen LogP contribution is -2.11. The molecule has 0 aliphatic heterocycles. The molecule has 0 saturated heterocycles. The van der Waals surface area contributed by atoms with Crippen molar-refractivity contribution >= 4 is 0 Å². The molecular formula is C11H19N. The minimum absolute atomic E-state index is 0.670. The summed E-state index contributed by atoms with van der Waals surface area (Å²) in [4.78, 5) is 1.94. The average molecular weight is 165 g/mol. The first-order chi connectivity index (χ1) is 5.68. The van der Waals surface area contributed by atoms with E-state index in [4.69, 9.17) is 0 Å². The summed E-state index contributed by atoms with van der Waals surface area (Å²) in [5.74, 6) is 4.92. The lowest BCUT2D eigenvalue weighted by molar-refractivity contribution is 0.337. The first-order valence-electron chi connectivity index (χ1n) is 4.87. The highest BCUT2D eigenvalue weighted by molar-refractivity contribution is 5.02. The number of rotatable bonds is 0. The second-order valence-corrected chi connectivity index (χ2v) is 4.11. The maximum Gasteiger partial charge on any atom is 0.0221 e. The summed E-state index contributed by atoms with van der Waals surface area (Å²) in [7, 11) is 4.00. The van der Waals surface area contributed by atoms with Crippen LogP contribution in [-0.4, -0.2) is 19.0 Å².